The summed E-state index contributed by atoms with van der Waals surface area (Å²) in [5.41, 5.74) is 3.72. The van der Waals surface area contributed by atoms with Crippen molar-refractivity contribution in [1.29, 1.82) is 0 Å². The van der Waals surface area contributed by atoms with Crippen LogP contribution in [0.15, 0.2) is 47.6 Å². The Bertz CT molecular complexity index is 927. The molecule has 0 fully saturated rings. The zero-order valence-electron chi connectivity index (χ0n) is 16.6. The number of benzene rings is 2. The molecule has 2 rings (SSSR count). The number of rotatable bonds is 10. The van der Waals surface area contributed by atoms with Gasteiger partial charge in [0.25, 0.3) is 5.69 Å². The summed E-state index contributed by atoms with van der Waals surface area (Å²) in [5, 5.41) is 17.0. The highest BCUT2D eigenvalue weighted by molar-refractivity contribution is 5.97. The number of nitrogens with zero attached hydrogens (tertiary/aromatic N) is 2. The van der Waals surface area contributed by atoms with E-state index in [0.29, 0.717) is 30.0 Å². The second kappa shape index (κ2) is 11.1. The molecule has 0 radical (unpaired) electrons. The summed E-state index contributed by atoms with van der Waals surface area (Å²) < 4.78 is 10.4. The Morgan fingerprint density at radius 1 is 1.07 bits per heavy atom. The normalized spacial score (nSPS) is 10.5. The van der Waals surface area contributed by atoms with Gasteiger partial charge in [-0.15, -0.1) is 0 Å². The van der Waals surface area contributed by atoms with Crippen molar-refractivity contribution in [3.05, 3.63) is 63.7 Å². The molecule has 2 aromatic rings. The molecular weight excluding hydrogens is 392 g/mol. The quantitative estimate of drug-likeness (QED) is 0.264. The molecule has 0 aromatic heterocycles. The number of non-ortho nitro benzene ring substituents is 1. The summed E-state index contributed by atoms with van der Waals surface area (Å²) in [6.45, 7) is 0.355. The van der Waals surface area contributed by atoms with Crippen molar-refractivity contribution in [3.63, 3.8) is 0 Å². The minimum Gasteiger partial charge on any atom is -0.493 e. The number of nitro benzene ring substituents is 1. The van der Waals surface area contributed by atoms with E-state index in [2.05, 4.69) is 15.8 Å². The fraction of sp³-hybridized carbons (Fsp3) is 0.250. The second-order valence-corrected chi connectivity index (χ2v) is 6.11. The van der Waals surface area contributed by atoms with E-state index in [1.165, 1.54) is 30.5 Å². The van der Waals surface area contributed by atoms with Gasteiger partial charge in [0.1, 0.15) is 6.42 Å². The average Bonchev–Trinajstić information content (AvgIpc) is 2.73. The Labute approximate surface area is 173 Å². The van der Waals surface area contributed by atoms with Crippen LogP contribution in [-0.4, -0.2) is 43.7 Å². The summed E-state index contributed by atoms with van der Waals surface area (Å²) in [6, 6.07) is 11.1. The Morgan fingerprint density at radius 2 is 1.77 bits per heavy atom. The molecule has 0 saturated carbocycles. The third-order valence-corrected chi connectivity index (χ3v) is 4.01. The van der Waals surface area contributed by atoms with Crippen LogP contribution < -0.4 is 20.2 Å². The van der Waals surface area contributed by atoms with Crippen LogP contribution in [0.1, 0.15) is 17.5 Å². The van der Waals surface area contributed by atoms with Gasteiger partial charge in [-0.1, -0.05) is 6.07 Å². The highest BCUT2D eigenvalue weighted by atomic mass is 16.6. The van der Waals surface area contributed by atoms with Crippen molar-refractivity contribution in [1.82, 2.24) is 10.7 Å². The first kappa shape index (κ1) is 22.3. The van der Waals surface area contributed by atoms with Gasteiger partial charge in [-0.05, 0) is 41.8 Å². The number of ether oxygens (including phenoxy) is 2. The van der Waals surface area contributed by atoms with Crippen LogP contribution >= 0.6 is 0 Å². The summed E-state index contributed by atoms with van der Waals surface area (Å²) in [4.78, 5) is 33.7. The summed E-state index contributed by atoms with van der Waals surface area (Å²) >= 11 is 0. The van der Waals surface area contributed by atoms with Crippen molar-refractivity contribution in [3.8, 4) is 11.5 Å². The molecule has 10 heteroatoms. The predicted octanol–water partition coefficient (Wildman–Crippen LogP) is 1.81. The van der Waals surface area contributed by atoms with Gasteiger partial charge >= 0.3 is 0 Å². The van der Waals surface area contributed by atoms with E-state index in [-0.39, 0.29) is 12.1 Å². The zero-order valence-corrected chi connectivity index (χ0v) is 16.6. The minimum absolute atomic E-state index is 0.0408. The van der Waals surface area contributed by atoms with Crippen molar-refractivity contribution in [2.75, 3.05) is 20.8 Å². The van der Waals surface area contributed by atoms with Crippen LogP contribution in [0.4, 0.5) is 5.69 Å². The van der Waals surface area contributed by atoms with Crippen LogP contribution in [-0.2, 0) is 16.0 Å². The van der Waals surface area contributed by atoms with Gasteiger partial charge in [0.2, 0.25) is 11.8 Å². The monoisotopic (exact) mass is 414 g/mol. The number of hydrogen-bond donors (Lipinski definition) is 2. The number of methoxy groups -OCH3 is 2. The molecule has 0 bridgehead atoms. The molecule has 2 N–H and O–H groups in total. The van der Waals surface area contributed by atoms with Gasteiger partial charge in [-0.25, -0.2) is 5.43 Å². The average molecular weight is 414 g/mol. The Kier molecular flexibility index (Phi) is 8.30. The van der Waals surface area contributed by atoms with Gasteiger partial charge in [0.15, 0.2) is 11.5 Å². The van der Waals surface area contributed by atoms with Crippen LogP contribution in [0.25, 0.3) is 0 Å². The number of nitro groups is 1. The number of hydrogen-bond acceptors (Lipinski definition) is 7. The molecule has 0 aliphatic rings. The largest absolute Gasteiger partial charge is 0.493 e. The first-order valence-electron chi connectivity index (χ1n) is 8.97. The summed E-state index contributed by atoms with van der Waals surface area (Å²) in [5.74, 6) is 0.220. The SMILES string of the molecule is COc1ccc(CCNC(=O)CC(=O)N/N=C\c2ccc([N+](=O)[O-])cc2)cc1OC. The van der Waals surface area contributed by atoms with Crippen LogP contribution in [0.5, 0.6) is 11.5 Å². The molecular formula is C20H22N4O6. The van der Waals surface area contributed by atoms with E-state index in [4.69, 9.17) is 9.47 Å². The lowest BCUT2D eigenvalue weighted by Gasteiger charge is -2.10. The highest BCUT2D eigenvalue weighted by Gasteiger charge is 2.09. The van der Waals surface area contributed by atoms with Gasteiger partial charge < -0.3 is 14.8 Å². The number of hydrazone groups is 1. The molecule has 0 aliphatic carbocycles. The van der Waals surface area contributed by atoms with Gasteiger partial charge in [-0.2, -0.15) is 5.10 Å². The maximum atomic E-state index is 11.9. The summed E-state index contributed by atoms with van der Waals surface area (Å²) in [7, 11) is 3.10. The topological polar surface area (TPSA) is 132 Å². The number of carbonyl (C=O) groups is 2. The van der Waals surface area contributed by atoms with Crippen molar-refractivity contribution in [2.24, 2.45) is 5.10 Å². The maximum absolute atomic E-state index is 11.9. The standard InChI is InChI=1S/C20H22N4O6/c1-29-17-8-5-14(11-18(17)30-2)9-10-21-19(25)12-20(26)23-22-13-15-3-6-16(7-4-15)24(27)28/h3-8,11,13H,9-10,12H2,1-2H3,(H,21,25)(H,23,26)/b22-13-. The fourth-order valence-electron chi connectivity index (χ4n) is 2.49. The number of amides is 2. The first-order chi connectivity index (χ1) is 14.4. The molecule has 0 aliphatic heterocycles. The van der Waals surface area contributed by atoms with Gasteiger partial charge in [-0.3, -0.25) is 19.7 Å². The predicted molar refractivity (Wildman–Crippen MR) is 110 cm³/mol. The smallest absolute Gasteiger partial charge is 0.269 e. The molecule has 30 heavy (non-hydrogen) atoms. The van der Waals surface area contributed by atoms with E-state index >= 15 is 0 Å². The Balaban J connectivity index is 1.73. The lowest BCUT2D eigenvalue weighted by atomic mass is 10.1. The zero-order chi connectivity index (χ0) is 21.9. The molecule has 0 unspecified atom stereocenters. The molecule has 2 aromatic carbocycles. The molecule has 0 heterocycles. The minimum atomic E-state index is -0.572. The van der Waals surface area contributed by atoms with Crippen LogP contribution in [0, 0.1) is 10.1 Å². The third kappa shape index (κ3) is 6.89. The fourth-order valence-corrected chi connectivity index (χ4v) is 2.49. The number of nitrogens with one attached hydrogen (secondary N) is 2. The van der Waals surface area contributed by atoms with Crippen molar-refractivity contribution in [2.45, 2.75) is 12.8 Å². The van der Waals surface area contributed by atoms with E-state index in [0.717, 1.165) is 5.56 Å². The van der Waals surface area contributed by atoms with E-state index in [1.54, 1.807) is 20.3 Å². The highest BCUT2D eigenvalue weighted by Crippen LogP contribution is 2.27. The molecule has 2 amide bonds. The second-order valence-electron chi connectivity index (χ2n) is 6.11. The van der Waals surface area contributed by atoms with Crippen molar-refractivity contribution >= 4 is 23.7 Å². The van der Waals surface area contributed by atoms with Crippen molar-refractivity contribution < 1.29 is 24.0 Å². The Morgan fingerprint density at radius 3 is 2.40 bits per heavy atom. The third-order valence-electron chi connectivity index (χ3n) is 4.01. The first-order valence-corrected chi connectivity index (χ1v) is 8.97. The number of carbonyl (C=O) groups excluding carboxylic acids is 2. The molecule has 0 spiro atoms. The van der Waals surface area contributed by atoms with Gasteiger partial charge in [0, 0.05) is 18.7 Å². The van der Waals surface area contributed by atoms with Gasteiger partial charge in [0.05, 0.1) is 25.4 Å². The lowest BCUT2D eigenvalue weighted by molar-refractivity contribution is -0.384. The van der Waals surface area contributed by atoms with E-state index < -0.39 is 16.7 Å². The van der Waals surface area contributed by atoms with E-state index in [9.17, 15) is 19.7 Å². The Hall–Kier alpha value is -3.95. The maximum Gasteiger partial charge on any atom is 0.269 e. The molecule has 0 saturated heterocycles. The molecule has 158 valence electrons. The molecule has 10 nitrogen and oxygen atoms in total. The van der Waals surface area contributed by atoms with Crippen LogP contribution in [0.2, 0.25) is 0 Å². The lowest BCUT2D eigenvalue weighted by Crippen LogP contribution is -2.31. The molecule has 0 atom stereocenters. The summed E-state index contributed by atoms with van der Waals surface area (Å²) in [6.07, 6.45) is 1.52. The van der Waals surface area contributed by atoms with E-state index in [1.807, 2.05) is 12.1 Å². The van der Waals surface area contributed by atoms with Crippen LogP contribution in [0.3, 0.4) is 0 Å².